The van der Waals surface area contributed by atoms with Crippen LogP contribution in [0.1, 0.15) is 30.9 Å². The molecule has 0 unspecified atom stereocenters. The van der Waals surface area contributed by atoms with Gasteiger partial charge >= 0.3 is 6.18 Å². The Morgan fingerprint density at radius 1 is 1.43 bits per heavy atom. The molecule has 0 bridgehead atoms. The molecule has 116 valence electrons. The highest BCUT2D eigenvalue weighted by atomic mass is 19.4. The number of alkyl halides is 3. The normalized spacial score (nSPS) is 22.3. The van der Waals surface area contributed by atoms with Gasteiger partial charge in [-0.05, 0) is 31.9 Å². The van der Waals surface area contributed by atoms with Crippen molar-refractivity contribution in [1.82, 2.24) is 5.32 Å². The number of carbonyl (C=O) groups excluding carboxylic acids is 1. The lowest BCUT2D eigenvalue weighted by molar-refractivity contribution is -0.140. The van der Waals surface area contributed by atoms with Crippen molar-refractivity contribution >= 4 is 5.91 Å². The molecule has 1 amide bonds. The maximum Gasteiger partial charge on any atom is 0.416 e. The molecule has 1 aliphatic heterocycles. The van der Waals surface area contributed by atoms with Crippen molar-refractivity contribution in [1.29, 1.82) is 0 Å². The van der Waals surface area contributed by atoms with Crippen molar-refractivity contribution in [3.05, 3.63) is 35.1 Å². The van der Waals surface area contributed by atoms with Crippen molar-refractivity contribution in [2.45, 2.75) is 38.1 Å². The van der Waals surface area contributed by atoms with Crippen LogP contribution in [0.4, 0.5) is 17.6 Å². The van der Waals surface area contributed by atoms with Crippen LogP contribution in [0.3, 0.4) is 0 Å². The summed E-state index contributed by atoms with van der Waals surface area (Å²) in [5, 5.41) is 2.50. The minimum absolute atomic E-state index is 0.00190. The van der Waals surface area contributed by atoms with Crippen LogP contribution in [-0.4, -0.2) is 18.1 Å². The lowest BCUT2D eigenvalue weighted by Crippen LogP contribution is -2.43. The number of hydrogen-bond donors (Lipinski definition) is 1. The van der Waals surface area contributed by atoms with E-state index in [4.69, 9.17) is 4.74 Å². The summed E-state index contributed by atoms with van der Waals surface area (Å²) >= 11 is 0. The molecule has 1 aliphatic rings. The van der Waals surface area contributed by atoms with E-state index in [2.05, 4.69) is 5.32 Å². The standard InChI is InChI=1S/C14H15F4NO2/c1-13(5-2-6-21-13)12(20)19-8-9-3-4-10(7-11(9)15)14(16,17)18/h3-4,7H,2,5-6,8H2,1H3,(H,19,20)/t13-/m0/s1. The Labute approximate surface area is 119 Å². The first-order valence-electron chi connectivity index (χ1n) is 6.50. The largest absolute Gasteiger partial charge is 0.416 e. The second-order valence-corrected chi connectivity index (χ2v) is 5.17. The summed E-state index contributed by atoms with van der Waals surface area (Å²) in [6.45, 7) is 1.94. The molecule has 2 rings (SSSR count). The highest BCUT2D eigenvalue weighted by molar-refractivity contribution is 5.84. The van der Waals surface area contributed by atoms with Crippen LogP contribution in [0.25, 0.3) is 0 Å². The minimum atomic E-state index is -4.59. The molecule has 21 heavy (non-hydrogen) atoms. The summed E-state index contributed by atoms with van der Waals surface area (Å²) in [4.78, 5) is 11.9. The molecule has 1 N–H and O–H groups in total. The number of hydrogen-bond acceptors (Lipinski definition) is 2. The molecular formula is C14H15F4NO2. The molecule has 0 aromatic heterocycles. The van der Waals surface area contributed by atoms with Gasteiger partial charge in [0.25, 0.3) is 5.91 Å². The first kappa shape index (κ1) is 15.8. The van der Waals surface area contributed by atoms with Gasteiger partial charge in [-0.3, -0.25) is 4.79 Å². The summed E-state index contributed by atoms with van der Waals surface area (Å²) in [5.74, 6) is -1.39. The molecule has 0 saturated carbocycles. The average Bonchev–Trinajstić information content (AvgIpc) is 2.84. The fraction of sp³-hybridized carbons (Fsp3) is 0.500. The first-order valence-corrected chi connectivity index (χ1v) is 6.50. The van der Waals surface area contributed by atoms with Crippen molar-refractivity contribution in [2.75, 3.05) is 6.61 Å². The smallest absolute Gasteiger partial charge is 0.365 e. The van der Waals surface area contributed by atoms with Crippen molar-refractivity contribution in [2.24, 2.45) is 0 Å². The van der Waals surface area contributed by atoms with Crippen LogP contribution >= 0.6 is 0 Å². The molecule has 0 aliphatic carbocycles. The summed E-state index contributed by atoms with van der Waals surface area (Å²) < 4.78 is 56.2. The second kappa shape index (κ2) is 5.63. The Morgan fingerprint density at radius 3 is 2.67 bits per heavy atom. The quantitative estimate of drug-likeness (QED) is 0.872. The Hall–Kier alpha value is -1.63. The summed E-state index contributed by atoms with van der Waals surface area (Å²) in [6, 6.07) is 2.24. The van der Waals surface area contributed by atoms with Gasteiger partial charge in [-0.1, -0.05) is 6.07 Å². The van der Waals surface area contributed by atoms with E-state index in [9.17, 15) is 22.4 Å². The zero-order valence-electron chi connectivity index (χ0n) is 11.4. The third-order valence-electron chi connectivity index (χ3n) is 3.52. The molecule has 1 heterocycles. The van der Waals surface area contributed by atoms with E-state index >= 15 is 0 Å². The Kier molecular flexibility index (Phi) is 4.22. The molecule has 1 saturated heterocycles. The lowest BCUT2D eigenvalue weighted by atomic mass is 10.0. The average molecular weight is 305 g/mol. The van der Waals surface area contributed by atoms with Crippen LogP contribution < -0.4 is 5.32 Å². The third kappa shape index (κ3) is 3.53. The number of amides is 1. The highest BCUT2D eigenvalue weighted by Crippen LogP contribution is 2.30. The number of ether oxygens (including phenoxy) is 1. The summed E-state index contributed by atoms with van der Waals surface area (Å²) in [6.07, 6.45) is -3.26. The molecule has 1 atom stereocenters. The number of benzene rings is 1. The van der Waals surface area contributed by atoms with E-state index in [1.54, 1.807) is 6.92 Å². The third-order valence-corrected chi connectivity index (χ3v) is 3.52. The monoisotopic (exact) mass is 305 g/mol. The van der Waals surface area contributed by atoms with Crippen LogP contribution in [0.5, 0.6) is 0 Å². The molecular weight excluding hydrogens is 290 g/mol. The van der Waals surface area contributed by atoms with Gasteiger partial charge in [-0.25, -0.2) is 4.39 Å². The number of carbonyl (C=O) groups is 1. The van der Waals surface area contributed by atoms with Gasteiger partial charge in [0, 0.05) is 18.7 Å². The maximum atomic E-state index is 13.6. The first-order chi connectivity index (χ1) is 9.72. The minimum Gasteiger partial charge on any atom is -0.365 e. The molecule has 1 fully saturated rings. The topological polar surface area (TPSA) is 38.3 Å². The van der Waals surface area contributed by atoms with Crippen LogP contribution in [-0.2, 0) is 22.3 Å². The van der Waals surface area contributed by atoms with Gasteiger partial charge in [0.05, 0.1) is 5.56 Å². The zero-order chi connectivity index (χ0) is 15.7. The molecule has 0 spiro atoms. The van der Waals surface area contributed by atoms with E-state index < -0.39 is 23.2 Å². The van der Waals surface area contributed by atoms with Crippen molar-refractivity contribution in [3.63, 3.8) is 0 Å². The predicted octanol–water partition coefficient (Wildman–Crippen LogP) is 3.03. The molecule has 1 aromatic rings. The second-order valence-electron chi connectivity index (χ2n) is 5.17. The van der Waals surface area contributed by atoms with Gasteiger partial charge in [0.1, 0.15) is 11.4 Å². The van der Waals surface area contributed by atoms with Gasteiger partial charge in [0.2, 0.25) is 0 Å². The van der Waals surface area contributed by atoms with E-state index in [1.807, 2.05) is 0 Å². The molecule has 7 heteroatoms. The molecule has 3 nitrogen and oxygen atoms in total. The summed E-state index contributed by atoms with van der Waals surface area (Å²) in [5.41, 5.74) is -2.00. The van der Waals surface area contributed by atoms with Gasteiger partial charge < -0.3 is 10.1 Å². The number of rotatable bonds is 3. The van der Waals surface area contributed by atoms with E-state index in [1.165, 1.54) is 0 Å². The number of nitrogens with one attached hydrogen (secondary N) is 1. The van der Waals surface area contributed by atoms with Gasteiger partial charge in [-0.15, -0.1) is 0 Å². The SMILES string of the molecule is C[C@@]1(C(=O)NCc2ccc(C(F)(F)F)cc2F)CCCO1. The fourth-order valence-corrected chi connectivity index (χ4v) is 2.19. The van der Waals surface area contributed by atoms with Crippen LogP contribution in [0, 0.1) is 5.82 Å². The van der Waals surface area contributed by atoms with Crippen molar-refractivity contribution < 1.29 is 27.1 Å². The number of halogens is 4. The lowest BCUT2D eigenvalue weighted by Gasteiger charge is -2.22. The van der Waals surface area contributed by atoms with Gasteiger partial charge in [-0.2, -0.15) is 13.2 Å². The Bertz CT molecular complexity index is 536. The van der Waals surface area contributed by atoms with Crippen LogP contribution in [0.2, 0.25) is 0 Å². The predicted molar refractivity (Wildman–Crippen MR) is 66.8 cm³/mol. The Balaban J connectivity index is 2.02. The molecule has 0 radical (unpaired) electrons. The van der Waals surface area contributed by atoms with E-state index in [0.717, 1.165) is 18.6 Å². The zero-order valence-corrected chi connectivity index (χ0v) is 11.4. The maximum absolute atomic E-state index is 13.6. The highest BCUT2D eigenvalue weighted by Gasteiger charge is 2.37. The molecule has 1 aromatic carbocycles. The van der Waals surface area contributed by atoms with Gasteiger partial charge in [0.15, 0.2) is 0 Å². The van der Waals surface area contributed by atoms with Crippen molar-refractivity contribution in [3.8, 4) is 0 Å². The van der Waals surface area contributed by atoms with Crippen LogP contribution in [0.15, 0.2) is 18.2 Å². The Morgan fingerprint density at radius 2 is 2.14 bits per heavy atom. The fourth-order valence-electron chi connectivity index (χ4n) is 2.19. The van der Waals surface area contributed by atoms with E-state index in [-0.39, 0.29) is 18.0 Å². The summed E-state index contributed by atoms with van der Waals surface area (Å²) in [7, 11) is 0. The van der Waals surface area contributed by atoms with E-state index in [0.29, 0.717) is 19.1 Å².